The van der Waals surface area contributed by atoms with E-state index in [9.17, 15) is 9.90 Å². The monoisotopic (exact) mass is 339 g/mol. The molecule has 1 aromatic heterocycles. The fourth-order valence-electron chi connectivity index (χ4n) is 3.48. The number of carbonyl (C=O) groups is 1. The van der Waals surface area contributed by atoms with Gasteiger partial charge in [0.15, 0.2) is 0 Å². The smallest absolute Gasteiger partial charge is 0.318 e. The van der Waals surface area contributed by atoms with Gasteiger partial charge in [-0.3, -0.25) is 4.98 Å². The van der Waals surface area contributed by atoms with Gasteiger partial charge in [-0.25, -0.2) is 4.79 Å². The van der Waals surface area contributed by atoms with Gasteiger partial charge in [0, 0.05) is 25.5 Å². The summed E-state index contributed by atoms with van der Waals surface area (Å²) in [6, 6.07) is 12.0. The number of nitrogens with one attached hydrogen (secondary N) is 1. The third-order valence-electron chi connectivity index (χ3n) is 4.82. The number of aliphatic hydroxyl groups is 1. The van der Waals surface area contributed by atoms with Crippen molar-refractivity contribution in [2.45, 2.75) is 38.3 Å². The first-order valence-electron chi connectivity index (χ1n) is 8.86. The fourth-order valence-corrected chi connectivity index (χ4v) is 3.48. The van der Waals surface area contributed by atoms with Crippen molar-refractivity contribution >= 4 is 6.03 Å². The van der Waals surface area contributed by atoms with Crippen molar-refractivity contribution < 1.29 is 9.90 Å². The van der Waals surface area contributed by atoms with E-state index >= 15 is 0 Å². The van der Waals surface area contributed by atoms with E-state index in [-0.39, 0.29) is 24.7 Å². The van der Waals surface area contributed by atoms with Crippen LogP contribution in [0.2, 0.25) is 0 Å². The number of hydrogen-bond donors (Lipinski definition) is 2. The number of aryl methyl sites for hydroxylation is 1. The standard InChI is InChI=1S/C20H25N3O2/c1-15(17-7-4-11-21-14-17)22-20(25)23(12-5-13-24)19-10-9-16-6-2-3-8-18(16)19/h2-4,6-8,11,14-15,19,24H,5,9-10,12-13H2,1H3,(H,22,25). The van der Waals surface area contributed by atoms with Crippen molar-refractivity contribution in [3.8, 4) is 0 Å². The average Bonchev–Trinajstić information content (AvgIpc) is 3.07. The van der Waals surface area contributed by atoms with E-state index in [4.69, 9.17) is 0 Å². The lowest BCUT2D eigenvalue weighted by atomic mass is 10.1. The Morgan fingerprint density at radius 2 is 2.20 bits per heavy atom. The second kappa shape index (κ2) is 8.12. The molecule has 0 bridgehead atoms. The molecule has 2 atom stereocenters. The maximum atomic E-state index is 12.9. The fraction of sp³-hybridized carbons (Fsp3) is 0.400. The van der Waals surface area contributed by atoms with Crippen molar-refractivity contribution in [2.75, 3.05) is 13.2 Å². The molecule has 2 aromatic rings. The van der Waals surface area contributed by atoms with Crippen LogP contribution in [0.25, 0.3) is 0 Å². The molecule has 1 aliphatic carbocycles. The molecule has 2 unspecified atom stereocenters. The van der Waals surface area contributed by atoms with Crippen molar-refractivity contribution in [1.82, 2.24) is 15.2 Å². The third kappa shape index (κ3) is 3.99. The molecule has 132 valence electrons. The van der Waals surface area contributed by atoms with Crippen LogP contribution in [0.1, 0.15) is 48.5 Å². The van der Waals surface area contributed by atoms with Gasteiger partial charge < -0.3 is 15.3 Å². The minimum Gasteiger partial charge on any atom is -0.396 e. The van der Waals surface area contributed by atoms with Crippen LogP contribution in [-0.4, -0.2) is 34.2 Å². The van der Waals surface area contributed by atoms with Crippen molar-refractivity contribution in [1.29, 1.82) is 0 Å². The molecule has 0 spiro atoms. The number of urea groups is 1. The van der Waals surface area contributed by atoms with Gasteiger partial charge in [0.2, 0.25) is 0 Å². The summed E-state index contributed by atoms with van der Waals surface area (Å²) < 4.78 is 0. The maximum Gasteiger partial charge on any atom is 0.318 e. The number of pyridine rings is 1. The number of aliphatic hydroxyl groups excluding tert-OH is 1. The molecule has 2 amide bonds. The molecule has 0 aliphatic heterocycles. The molecular formula is C20H25N3O2. The molecule has 0 radical (unpaired) electrons. The first-order valence-corrected chi connectivity index (χ1v) is 8.86. The quantitative estimate of drug-likeness (QED) is 0.849. The predicted octanol–water partition coefficient (Wildman–Crippen LogP) is 3.22. The van der Waals surface area contributed by atoms with E-state index in [1.165, 1.54) is 11.1 Å². The van der Waals surface area contributed by atoms with Crippen LogP contribution in [0.4, 0.5) is 4.79 Å². The van der Waals surface area contributed by atoms with Crippen LogP contribution in [-0.2, 0) is 6.42 Å². The van der Waals surface area contributed by atoms with Crippen molar-refractivity contribution in [3.05, 3.63) is 65.5 Å². The Balaban J connectivity index is 1.75. The minimum atomic E-state index is -0.116. The van der Waals surface area contributed by atoms with E-state index < -0.39 is 0 Å². The summed E-state index contributed by atoms with van der Waals surface area (Å²) in [6.45, 7) is 2.58. The van der Waals surface area contributed by atoms with Gasteiger partial charge in [-0.2, -0.15) is 0 Å². The molecule has 0 fully saturated rings. The summed E-state index contributed by atoms with van der Waals surface area (Å²) in [6.07, 6.45) is 5.99. The lowest BCUT2D eigenvalue weighted by molar-refractivity contribution is 0.162. The highest BCUT2D eigenvalue weighted by Crippen LogP contribution is 2.35. The Labute approximate surface area is 148 Å². The van der Waals surface area contributed by atoms with Gasteiger partial charge in [0.05, 0.1) is 12.1 Å². The molecule has 3 rings (SSSR count). The van der Waals surface area contributed by atoms with E-state index in [1.807, 2.05) is 36.1 Å². The third-order valence-corrected chi connectivity index (χ3v) is 4.82. The van der Waals surface area contributed by atoms with Gasteiger partial charge in [-0.1, -0.05) is 30.3 Å². The molecule has 5 heteroatoms. The molecular weight excluding hydrogens is 314 g/mol. The van der Waals surface area contributed by atoms with Crippen LogP contribution in [0.15, 0.2) is 48.8 Å². The van der Waals surface area contributed by atoms with Crippen molar-refractivity contribution in [3.63, 3.8) is 0 Å². The zero-order valence-electron chi connectivity index (χ0n) is 14.6. The second-order valence-corrected chi connectivity index (χ2v) is 6.48. The largest absolute Gasteiger partial charge is 0.396 e. The number of hydrogen-bond acceptors (Lipinski definition) is 3. The van der Waals surface area contributed by atoms with E-state index in [0.717, 1.165) is 18.4 Å². The molecule has 0 saturated carbocycles. The zero-order valence-corrected chi connectivity index (χ0v) is 14.6. The summed E-state index contributed by atoms with van der Waals surface area (Å²) in [7, 11) is 0. The van der Waals surface area contributed by atoms with Crippen LogP contribution in [0.3, 0.4) is 0 Å². The van der Waals surface area contributed by atoms with Gasteiger partial charge in [0.1, 0.15) is 0 Å². The number of rotatable bonds is 6. The Hall–Kier alpha value is -2.40. The summed E-state index contributed by atoms with van der Waals surface area (Å²) in [5.74, 6) is 0. The molecule has 25 heavy (non-hydrogen) atoms. The lowest BCUT2D eigenvalue weighted by Crippen LogP contribution is -2.43. The molecule has 1 aliphatic rings. The topological polar surface area (TPSA) is 65.5 Å². The van der Waals surface area contributed by atoms with Gasteiger partial charge in [-0.05, 0) is 48.9 Å². The highest BCUT2D eigenvalue weighted by molar-refractivity contribution is 5.75. The Bertz CT molecular complexity index is 705. The number of aromatic nitrogens is 1. The summed E-state index contributed by atoms with van der Waals surface area (Å²) in [5, 5.41) is 12.3. The molecule has 1 heterocycles. The normalized spacial score (nSPS) is 17.0. The zero-order chi connectivity index (χ0) is 17.6. The van der Waals surface area contributed by atoms with Gasteiger partial charge in [0.25, 0.3) is 0 Å². The van der Waals surface area contributed by atoms with E-state index in [1.54, 1.807) is 12.4 Å². The average molecular weight is 339 g/mol. The first-order chi connectivity index (χ1) is 12.2. The Kier molecular flexibility index (Phi) is 5.66. The molecule has 2 N–H and O–H groups in total. The number of benzene rings is 1. The van der Waals surface area contributed by atoms with E-state index in [2.05, 4.69) is 22.4 Å². The van der Waals surface area contributed by atoms with Gasteiger partial charge >= 0.3 is 6.03 Å². The van der Waals surface area contributed by atoms with Crippen LogP contribution < -0.4 is 5.32 Å². The SMILES string of the molecule is CC(NC(=O)N(CCCO)C1CCc2ccccc21)c1cccnc1. The minimum absolute atomic E-state index is 0.0730. The van der Waals surface area contributed by atoms with Crippen LogP contribution >= 0.6 is 0 Å². The Morgan fingerprint density at radius 3 is 2.96 bits per heavy atom. The summed E-state index contributed by atoms with van der Waals surface area (Å²) >= 11 is 0. The number of amides is 2. The predicted molar refractivity (Wildman–Crippen MR) is 97.1 cm³/mol. The lowest BCUT2D eigenvalue weighted by Gasteiger charge is -2.31. The maximum absolute atomic E-state index is 12.9. The highest BCUT2D eigenvalue weighted by Gasteiger charge is 2.31. The second-order valence-electron chi connectivity index (χ2n) is 6.48. The highest BCUT2D eigenvalue weighted by atomic mass is 16.3. The summed E-state index contributed by atoms with van der Waals surface area (Å²) in [5.41, 5.74) is 3.52. The van der Waals surface area contributed by atoms with Crippen LogP contribution in [0.5, 0.6) is 0 Å². The first kappa shape index (κ1) is 17.4. The van der Waals surface area contributed by atoms with E-state index in [0.29, 0.717) is 13.0 Å². The molecule has 0 saturated heterocycles. The van der Waals surface area contributed by atoms with Crippen molar-refractivity contribution in [2.24, 2.45) is 0 Å². The van der Waals surface area contributed by atoms with Gasteiger partial charge in [-0.15, -0.1) is 0 Å². The molecule has 1 aromatic carbocycles. The summed E-state index contributed by atoms with van der Waals surface area (Å²) in [4.78, 5) is 18.9. The Morgan fingerprint density at radius 1 is 1.36 bits per heavy atom. The number of nitrogens with zero attached hydrogens (tertiary/aromatic N) is 2. The van der Waals surface area contributed by atoms with Crippen LogP contribution in [0, 0.1) is 0 Å². The number of fused-ring (bicyclic) bond motifs is 1. The molecule has 5 nitrogen and oxygen atoms in total. The number of carbonyl (C=O) groups excluding carboxylic acids is 1.